The van der Waals surface area contributed by atoms with Gasteiger partial charge in [0.2, 0.25) is 11.8 Å². The van der Waals surface area contributed by atoms with Crippen LogP contribution in [0.15, 0.2) is 23.7 Å². The molecule has 1 aliphatic rings. The zero-order valence-electron chi connectivity index (χ0n) is 16.4. The maximum atomic E-state index is 12.6. The van der Waals surface area contributed by atoms with Crippen LogP contribution in [0, 0.1) is 12.8 Å². The number of hydrogen-bond acceptors (Lipinski definition) is 6. The molecule has 2 amide bonds. The lowest BCUT2D eigenvalue weighted by Crippen LogP contribution is -2.46. The van der Waals surface area contributed by atoms with Gasteiger partial charge >= 0.3 is 0 Å². The van der Waals surface area contributed by atoms with E-state index >= 15 is 0 Å². The number of amides is 2. The van der Waals surface area contributed by atoms with Gasteiger partial charge in [0.1, 0.15) is 11.6 Å². The van der Waals surface area contributed by atoms with Crippen molar-refractivity contribution in [1.82, 2.24) is 20.2 Å². The summed E-state index contributed by atoms with van der Waals surface area (Å²) in [6.07, 6.45) is 3.44. The third-order valence-electron chi connectivity index (χ3n) is 4.76. The van der Waals surface area contributed by atoms with Crippen LogP contribution < -0.4 is 5.32 Å². The fourth-order valence-electron chi connectivity index (χ4n) is 3.17. The molecule has 29 heavy (non-hydrogen) atoms. The van der Waals surface area contributed by atoms with E-state index in [2.05, 4.69) is 37.9 Å². The van der Waals surface area contributed by atoms with Gasteiger partial charge in [-0.15, -0.1) is 11.3 Å². The van der Waals surface area contributed by atoms with Gasteiger partial charge in [-0.1, -0.05) is 22.6 Å². The Bertz CT molecular complexity index is 827. The van der Waals surface area contributed by atoms with Crippen molar-refractivity contribution in [1.29, 1.82) is 0 Å². The number of piperidine rings is 1. The fourth-order valence-corrected chi connectivity index (χ4v) is 4.23. The van der Waals surface area contributed by atoms with Crippen LogP contribution in [-0.2, 0) is 20.9 Å². The highest BCUT2D eigenvalue weighted by molar-refractivity contribution is 14.1. The number of aryl methyl sites for hydroxylation is 1. The average molecular weight is 528 g/mol. The molecule has 0 aromatic carbocycles. The quantitative estimate of drug-likeness (QED) is 0.324. The largest absolute Gasteiger partial charge is 0.371 e. The highest BCUT2D eigenvalue weighted by Crippen LogP contribution is 2.22. The fraction of sp³-hybridized carbons (Fsp3) is 0.500. The van der Waals surface area contributed by atoms with Crippen LogP contribution in [0.3, 0.4) is 0 Å². The van der Waals surface area contributed by atoms with Crippen molar-refractivity contribution in [3.8, 4) is 11.3 Å². The number of carbonyl (C=O) groups excluding carboxylic acids is 2. The van der Waals surface area contributed by atoms with Gasteiger partial charge in [-0.3, -0.25) is 14.6 Å². The van der Waals surface area contributed by atoms with E-state index in [9.17, 15) is 9.59 Å². The first-order valence-electron chi connectivity index (χ1n) is 9.63. The average Bonchev–Trinajstić information content (AvgIpc) is 3.22. The summed E-state index contributed by atoms with van der Waals surface area (Å²) in [7, 11) is 0. The lowest BCUT2D eigenvalue weighted by atomic mass is 9.97. The Hall–Kier alpha value is -1.59. The van der Waals surface area contributed by atoms with Crippen molar-refractivity contribution in [2.45, 2.75) is 26.3 Å². The third kappa shape index (κ3) is 6.45. The van der Waals surface area contributed by atoms with Crippen molar-refractivity contribution in [2.24, 2.45) is 5.92 Å². The summed E-state index contributed by atoms with van der Waals surface area (Å²) in [5.74, 6) is -0.244. The van der Waals surface area contributed by atoms with E-state index in [1.807, 2.05) is 30.6 Å². The Morgan fingerprint density at radius 1 is 1.41 bits per heavy atom. The summed E-state index contributed by atoms with van der Waals surface area (Å²) in [5, 5.41) is 5.81. The molecule has 9 heteroatoms. The molecule has 3 heterocycles. The molecule has 1 atom stereocenters. The van der Waals surface area contributed by atoms with Gasteiger partial charge < -0.3 is 15.0 Å². The molecule has 7 nitrogen and oxygen atoms in total. The number of hydrogen-bond donors (Lipinski definition) is 1. The van der Waals surface area contributed by atoms with E-state index in [-0.39, 0.29) is 24.3 Å². The van der Waals surface area contributed by atoms with E-state index in [1.54, 1.807) is 4.90 Å². The lowest BCUT2D eigenvalue weighted by molar-refractivity contribution is -0.139. The monoisotopic (exact) mass is 528 g/mol. The Labute approximate surface area is 188 Å². The molecular formula is C20H25IN4O3S. The molecule has 0 bridgehead atoms. The summed E-state index contributed by atoms with van der Waals surface area (Å²) >= 11 is 3.73. The topological polar surface area (TPSA) is 84.4 Å². The second-order valence-corrected chi connectivity index (χ2v) is 8.97. The number of thiazole rings is 1. The first-order valence-corrected chi connectivity index (χ1v) is 12.0. The van der Waals surface area contributed by atoms with Crippen LogP contribution in [0.1, 0.15) is 23.5 Å². The molecule has 1 saturated heterocycles. The van der Waals surface area contributed by atoms with E-state index in [0.29, 0.717) is 26.2 Å². The van der Waals surface area contributed by atoms with E-state index in [1.165, 1.54) is 11.3 Å². The Morgan fingerprint density at radius 3 is 3.03 bits per heavy atom. The van der Waals surface area contributed by atoms with Crippen molar-refractivity contribution < 1.29 is 14.3 Å². The Morgan fingerprint density at radius 2 is 2.28 bits per heavy atom. The minimum absolute atomic E-state index is 0.0237. The molecule has 2 aromatic heterocycles. The maximum absolute atomic E-state index is 12.6. The molecule has 2 aromatic rings. The Kier molecular flexibility index (Phi) is 8.37. The van der Waals surface area contributed by atoms with Crippen molar-refractivity contribution >= 4 is 45.7 Å². The molecule has 0 aliphatic carbocycles. The second-order valence-electron chi connectivity index (χ2n) is 6.95. The van der Waals surface area contributed by atoms with Crippen molar-refractivity contribution in [3.63, 3.8) is 0 Å². The predicted octanol–water partition coefficient (Wildman–Crippen LogP) is 2.82. The lowest BCUT2D eigenvalue weighted by Gasteiger charge is -2.32. The van der Waals surface area contributed by atoms with Gasteiger partial charge in [0.25, 0.3) is 0 Å². The number of aromatic nitrogens is 2. The summed E-state index contributed by atoms with van der Waals surface area (Å²) in [6, 6.07) is 3.95. The maximum Gasteiger partial charge on any atom is 0.248 e. The number of pyridine rings is 1. The van der Waals surface area contributed by atoms with Crippen molar-refractivity contribution in [2.75, 3.05) is 30.7 Å². The van der Waals surface area contributed by atoms with Gasteiger partial charge in [-0.2, -0.15) is 0 Å². The van der Waals surface area contributed by atoms with Crippen LogP contribution in [0.5, 0.6) is 0 Å². The molecule has 156 valence electrons. The number of likely N-dealkylation sites (tertiary alicyclic amines) is 1. The summed E-state index contributed by atoms with van der Waals surface area (Å²) in [5.41, 5.74) is 2.80. The number of nitrogens with one attached hydrogen (secondary N) is 1. The number of rotatable bonds is 8. The minimum atomic E-state index is -0.182. The summed E-state index contributed by atoms with van der Waals surface area (Å²) < 4.78 is 6.19. The molecule has 1 N–H and O–H groups in total. The van der Waals surface area contributed by atoms with Gasteiger partial charge in [0, 0.05) is 40.4 Å². The van der Waals surface area contributed by atoms with Crippen LogP contribution in [0.4, 0.5) is 0 Å². The van der Waals surface area contributed by atoms with Gasteiger partial charge in [-0.25, -0.2) is 4.98 Å². The smallest absolute Gasteiger partial charge is 0.248 e. The first-order chi connectivity index (χ1) is 14.1. The van der Waals surface area contributed by atoms with E-state index in [4.69, 9.17) is 4.74 Å². The van der Waals surface area contributed by atoms with Gasteiger partial charge in [0.15, 0.2) is 0 Å². The normalized spacial score (nSPS) is 16.6. The van der Waals surface area contributed by atoms with Gasteiger partial charge in [-0.05, 0) is 31.9 Å². The SMILES string of the molecule is Cc1ccc(-c2csc(CNC(=O)[C@H]3CCCN(C(=O)COCCI)C3)n2)cn1. The Balaban J connectivity index is 1.49. The third-order valence-corrected chi connectivity index (χ3v) is 6.05. The molecule has 0 unspecified atom stereocenters. The van der Waals surface area contributed by atoms with Crippen LogP contribution in [-0.4, -0.2) is 57.4 Å². The molecule has 1 fully saturated rings. The summed E-state index contributed by atoms with van der Waals surface area (Å²) in [4.78, 5) is 35.5. The molecule has 0 spiro atoms. The van der Waals surface area contributed by atoms with Crippen LogP contribution >= 0.6 is 33.9 Å². The number of nitrogens with zero attached hydrogens (tertiary/aromatic N) is 3. The predicted molar refractivity (Wildman–Crippen MR) is 121 cm³/mol. The highest BCUT2D eigenvalue weighted by Gasteiger charge is 2.28. The molecule has 1 aliphatic heterocycles. The highest BCUT2D eigenvalue weighted by atomic mass is 127. The molecule has 0 saturated carbocycles. The number of alkyl halides is 1. The zero-order chi connectivity index (χ0) is 20.6. The minimum Gasteiger partial charge on any atom is -0.371 e. The first kappa shape index (κ1) is 22.1. The number of halogens is 1. The van der Waals surface area contributed by atoms with Gasteiger partial charge in [0.05, 0.1) is 24.8 Å². The summed E-state index contributed by atoms with van der Waals surface area (Å²) in [6.45, 7) is 4.15. The van der Waals surface area contributed by atoms with Crippen molar-refractivity contribution in [3.05, 3.63) is 34.4 Å². The number of ether oxygens (including phenoxy) is 1. The van der Waals surface area contributed by atoms with E-state index < -0.39 is 0 Å². The molecule has 0 radical (unpaired) electrons. The zero-order valence-corrected chi connectivity index (χ0v) is 19.4. The van der Waals surface area contributed by atoms with E-state index in [0.717, 1.165) is 39.2 Å². The standard InChI is InChI=1S/C20H25IN4O3S/c1-14-4-5-15(9-22-14)17-13-29-18(24-17)10-23-20(27)16-3-2-7-25(11-16)19(26)12-28-8-6-21/h4-5,9,13,16H,2-3,6-8,10-12H2,1H3,(H,23,27)/t16-/m0/s1. The molecular weight excluding hydrogens is 503 g/mol. The molecule has 3 rings (SSSR count). The van der Waals surface area contributed by atoms with Crippen LogP contribution in [0.2, 0.25) is 0 Å². The number of carbonyl (C=O) groups is 2. The second kappa shape index (κ2) is 11.0. The van der Waals surface area contributed by atoms with Crippen LogP contribution in [0.25, 0.3) is 11.3 Å².